The van der Waals surface area contributed by atoms with Gasteiger partial charge >= 0.3 is 0 Å². The Morgan fingerprint density at radius 3 is 2.80 bits per heavy atom. The standard InChI is InChI=1S/C14H15ClN4O/c1-19(2)11-5-3-4-10(7-11)18-14(20)12-6-9(16)8-17-13(12)15/h3-8H,16H2,1-2H3,(H,18,20). The number of nitrogens with one attached hydrogen (secondary N) is 1. The van der Waals surface area contributed by atoms with Crippen molar-refractivity contribution in [2.24, 2.45) is 0 Å². The lowest BCUT2D eigenvalue weighted by Gasteiger charge is -2.14. The van der Waals surface area contributed by atoms with Gasteiger partial charge < -0.3 is 16.0 Å². The van der Waals surface area contributed by atoms with Gasteiger partial charge in [-0.1, -0.05) is 17.7 Å². The van der Waals surface area contributed by atoms with Crippen molar-refractivity contribution in [1.82, 2.24) is 4.98 Å². The molecule has 6 heteroatoms. The zero-order valence-corrected chi connectivity index (χ0v) is 12.0. The van der Waals surface area contributed by atoms with Gasteiger partial charge in [0.25, 0.3) is 5.91 Å². The molecule has 1 aromatic carbocycles. The number of rotatable bonds is 3. The molecule has 0 radical (unpaired) electrons. The molecule has 0 aliphatic carbocycles. The van der Waals surface area contributed by atoms with E-state index in [0.29, 0.717) is 11.4 Å². The molecule has 0 aliphatic heterocycles. The molecule has 0 saturated carbocycles. The first-order chi connectivity index (χ1) is 9.47. The topological polar surface area (TPSA) is 71.2 Å². The monoisotopic (exact) mass is 290 g/mol. The number of anilines is 3. The van der Waals surface area contributed by atoms with Crippen LogP contribution in [0.2, 0.25) is 5.15 Å². The molecule has 0 unspecified atom stereocenters. The van der Waals surface area contributed by atoms with Crippen LogP contribution in [0.25, 0.3) is 0 Å². The van der Waals surface area contributed by atoms with Crippen LogP contribution in [0, 0.1) is 0 Å². The maximum Gasteiger partial charge on any atom is 0.258 e. The second kappa shape index (κ2) is 5.79. The first-order valence-corrected chi connectivity index (χ1v) is 6.35. The minimum atomic E-state index is -0.342. The SMILES string of the molecule is CN(C)c1cccc(NC(=O)c2cc(N)cnc2Cl)c1. The number of hydrogen-bond donors (Lipinski definition) is 2. The highest BCUT2D eigenvalue weighted by molar-refractivity contribution is 6.33. The highest BCUT2D eigenvalue weighted by Crippen LogP contribution is 2.20. The molecule has 3 N–H and O–H groups in total. The summed E-state index contributed by atoms with van der Waals surface area (Å²) in [5.41, 5.74) is 7.92. The fourth-order valence-electron chi connectivity index (χ4n) is 1.68. The summed E-state index contributed by atoms with van der Waals surface area (Å²) in [6.07, 6.45) is 1.41. The molecule has 1 aromatic heterocycles. The Morgan fingerprint density at radius 1 is 1.35 bits per heavy atom. The third-order valence-corrected chi connectivity index (χ3v) is 3.03. The van der Waals surface area contributed by atoms with Gasteiger partial charge in [0.1, 0.15) is 5.15 Å². The molecule has 0 fully saturated rings. The van der Waals surface area contributed by atoms with Gasteiger partial charge in [0.15, 0.2) is 0 Å². The third-order valence-electron chi connectivity index (χ3n) is 2.73. The molecular weight excluding hydrogens is 276 g/mol. The predicted molar refractivity (Wildman–Crippen MR) is 82.4 cm³/mol. The molecule has 0 spiro atoms. The molecule has 20 heavy (non-hydrogen) atoms. The Bertz CT molecular complexity index is 643. The average molecular weight is 291 g/mol. The van der Waals surface area contributed by atoms with E-state index in [2.05, 4.69) is 10.3 Å². The second-order valence-electron chi connectivity index (χ2n) is 4.51. The van der Waals surface area contributed by atoms with Crippen molar-refractivity contribution in [2.75, 3.05) is 30.0 Å². The molecule has 1 amide bonds. The van der Waals surface area contributed by atoms with E-state index in [0.717, 1.165) is 5.69 Å². The molecule has 104 valence electrons. The number of nitrogen functional groups attached to an aromatic ring is 1. The van der Waals surface area contributed by atoms with Gasteiger partial charge in [-0.05, 0) is 24.3 Å². The van der Waals surface area contributed by atoms with Crippen molar-refractivity contribution >= 4 is 34.6 Å². The molecule has 0 aliphatic rings. The highest BCUT2D eigenvalue weighted by atomic mass is 35.5. The molecule has 1 heterocycles. The zero-order valence-electron chi connectivity index (χ0n) is 11.2. The van der Waals surface area contributed by atoms with Gasteiger partial charge in [-0.15, -0.1) is 0 Å². The zero-order chi connectivity index (χ0) is 14.7. The van der Waals surface area contributed by atoms with Gasteiger partial charge in [0.05, 0.1) is 17.4 Å². The summed E-state index contributed by atoms with van der Waals surface area (Å²) >= 11 is 5.90. The molecule has 5 nitrogen and oxygen atoms in total. The van der Waals surface area contributed by atoms with E-state index < -0.39 is 0 Å². The lowest BCUT2D eigenvalue weighted by molar-refractivity contribution is 0.102. The molecule has 2 aromatic rings. The molecule has 0 atom stereocenters. The van der Waals surface area contributed by atoms with Gasteiger partial charge in [-0.25, -0.2) is 4.98 Å². The van der Waals surface area contributed by atoms with E-state index in [1.54, 1.807) is 6.07 Å². The lowest BCUT2D eigenvalue weighted by atomic mass is 10.2. The highest BCUT2D eigenvalue weighted by Gasteiger charge is 2.12. The van der Waals surface area contributed by atoms with Gasteiger partial charge in [0, 0.05) is 25.5 Å². The van der Waals surface area contributed by atoms with Crippen LogP contribution in [0.15, 0.2) is 36.5 Å². The number of amides is 1. The lowest BCUT2D eigenvalue weighted by Crippen LogP contribution is -2.14. The average Bonchev–Trinajstić information content (AvgIpc) is 2.41. The Hall–Kier alpha value is -2.27. The van der Waals surface area contributed by atoms with Crippen molar-refractivity contribution in [1.29, 1.82) is 0 Å². The van der Waals surface area contributed by atoms with Crippen molar-refractivity contribution in [3.05, 3.63) is 47.2 Å². The summed E-state index contributed by atoms with van der Waals surface area (Å²) in [4.78, 5) is 18.0. The smallest absolute Gasteiger partial charge is 0.258 e. The summed E-state index contributed by atoms with van der Waals surface area (Å²) in [6, 6.07) is 8.99. The van der Waals surface area contributed by atoms with Crippen LogP contribution in [0.4, 0.5) is 17.1 Å². The van der Waals surface area contributed by atoms with Crippen LogP contribution >= 0.6 is 11.6 Å². The van der Waals surface area contributed by atoms with Gasteiger partial charge in [0.2, 0.25) is 0 Å². The van der Waals surface area contributed by atoms with Crippen molar-refractivity contribution in [2.45, 2.75) is 0 Å². The number of nitrogens with two attached hydrogens (primary N) is 1. The predicted octanol–water partition coefficient (Wildman–Crippen LogP) is 2.64. The number of nitrogens with zero attached hydrogens (tertiary/aromatic N) is 2. The first kappa shape index (κ1) is 14.1. The van der Waals surface area contributed by atoms with E-state index in [1.165, 1.54) is 12.3 Å². The minimum Gasteiger partial charge on any atom is -0.397 e. The fraction of sp³-hybridized carbons (Fsp3) is 0.143. The van der Waals surface area contributed by atoms with E-state index in [9.17, 15) is 4.79 Å². The number of carbonyl (C=O) groups is 1. The van der Waals surface area contributed by atoms with Crippen LogP contribution in [0.5, 0.6) is 0 Å². The summed E-state index contributed by atoms with van der Waals surface area (Å²) in [5.74, 6) is -0.342. The maximum atomic E-state index is 12.2. The normalized spacial score (nSPS) is 10.2. The summed E-state index contributed by atoms with van der Waals surface area (Å²) < 4.78 is 0. The van der Waals surface area contributed by atoms with Crippen LogP contribution in [0.3, 0.4) is 0 Å². The van der Waals surface area contributed by atoms with Crippen molar-refractivity contribution < 1.29 is 4.79 Å². The Kier molecular flexibility index (Phi) is 4.10. The third kappa shape index (κ3) is 3.19. The summed E-state index contributed by atoms with van der Waals surface area (Å²) in [7, 11) is 3.86. The van der Waals surface area contributed by atoms with Gasteiger partial charge in [-0.3, -0.25) is 4.79 Å². The Labute approximate surface area is 122 Å². The van der Waals surface area contributed by atoms with Gasteiger partial charge in [-0.2, -0.15) is 0 Å². The van der Waals surface area contributed by atoms with E-state index in [1.807, 2.05) is 37.2 Å². The van der Waals surface area contributed by atoms with Crippen LogP contribution in [-0.2, 0) is 0 Å². The summed E-state index contributed by atoms with van der Waals surface area (Å²) in [5, 5.41) is 2.90. The largest absolute Gasteiger partial charge is 0.397 e. The van der Waals surface area contributed by atoms with E-state index in [4.69, 9.17) is 17.3 Å². The maximum absolute atomic E-state index is 12.2. The fourth-order valence-corrected chi connectivity index (χ4v) is 1.87. The number of aromatic nitrogens is 1. The molecular formula is C14H15ClN4O. The minimum absolute atomic E-state index is 0.125. The Morgan fingerprint density at radius 2 is 2.10 bits per heavy atom. The number of carbonyl (C=O) groups excluding carboxylic acids is 1. The van der Waals surface area contributed by atoms with Crippen molar-refractivity contribution in [3.63, 3.8) is 0 Å². The summed E-state index contributed by atoms with van der Waals surface area (Å²) in [6.45, 7) is 0. The Balaban J connectivity index is 2.23. The van der Waals surface area contributed by atoms with E-state index >= 15 is 0 Å². The number of benzene rings is 1. The van der Waals surface area contributed by atoms with Crippen molar-refractivity contribution in [3.8, 4) is 0 Å². The number of pyridine rings is 1. The molecule has 0 saturated heterocycles. The number of halogens is 1. The first-order valence-electron chi connectivity index (χ1n) is 5.97. The quantitative estimate of drug-likeness (QED) is 0.853. The van der Waals surface area contributed by atoms with Crippen LogP contribution < -0.4 is 16.0 Å². The molecule has 0 bridgehead atoms. The van der Waals surface area contributed by atoms with Crippen LogP contribution in [-0.4, -0.2) is 25.0 Å². The number of hydrogen-bond acceptors (Lipinski definition) is 4. The second-order valence-corrected chi connectivity index (χ2v) is 4.86. The van der Waals surface area contributed by atoms with E-state index in [-0.39, 0.29) is 16.6 Å². The van der Waals surface area contributed by atoms with Crippen LogP contribution in [0.1, 0.15) is 10.4 Å². The molecule has 2 rings (SSSR count).